The summed E-state index contributed by atoms with van der Waals surface area (Å²) in [5.74, 6) is -4.31. The van der Waals surface area contributed by atoms with E-state index in [-0.39, 0.29) is 5.56 Å². The Morgan fingerprint density at radius 1 is 0.218 bits per heavy atom. The third-order valence-electron chi connectivity index (χ3n) is 10.5. The average Bonchev–Trinajstić information content (AvgIpc) is 3.25. The summed E-state index contributed by atoms with van der Waals surface area (Å²) in [4.78, 5) is 0. The molecule has 5 N–H and O–H groups in total. The van der Waals surface area contributed by atoms with Crippen LogP contribution in [0, 0.1) is 0 Å². The van der Waals surface area contributed by atoms with E-state index in [1.165, 1.54) is 0 Å². The first kappa shape index (κ1) is 33.3. The number of rotatable bonds is 6. The van der Waals surface area contributed by atoms with Crippen molar-refractivity contribution in [2.24, 2.45) is 0 Å². The minimum absolute atomic E-state index is 0.180. The summed E-state index contributed by atoms with van der Waals surface area (Å²) in [5.41, 5.74) is 10.9. The molecule has 0 aliphatic heterocycles. The van der Waals surface area contributed by atoms with Gasteiger partial charge in [0.2, 0.25) is 17.2 Å². The van der Waals surface area contributed by atoms with Gasteiger partial charge in [-0.2, -0.15) is 0 Å². The van der Waals surface area contributed by atoms with Gasteiger partial charge < -0.3 is 25.5 Å². The lowest BCUT2D eigenvalue weighted by Gasteiger charge is -2.21. The van der Waals surface area contributed by atoms with Crippen molar-refractivity contribution >= 4 is 21.5 Å². The Labute approximate surface area is 317 Å². The zero-order chi connectivity index (χ0) is 37.6. The highest BCUT2D eigenvalue weighted by Crippen LogP contribution is 2.58. The van der Waals surface area contributed by atoms with E-state index in [0.29, 0.717) is 16.3 Å². The van der Waals surface area contributed by atoms with Crippen LogP contribution in [0.15, 0.2) is 176 Å². The zero-order valence-electron chi connectivity index (χ0n) is 29.5. The van der Waals surface area contributed by atoms with E-state index < -0.39 is 28.7 Å². The molecule has 9 aromatic carbocycles. The number of hydrogen-bond donors (Lipinski definition) is 5. The first-order valence-electron chi connectivity index (χ1n) is 18.0. The predicted octanol–water partition coefficient (Wildman–Crippen LogP) is 12.5. The fourth-order valence-electron chi connectivity index (χ4n) is 7.77. The molecular weight excluding hydrogens is 681 g/mol. The van der Waals surface area contributed by atoms with Gasteiger partial charge in [0.15, 0.2) is 11.5 Å². The predicted molar refractivity (Wildman–Crippen MR) is 222 cm³/mol. The maximum Gasteiger partial charge on any atom is 0.208 e. The molecule has 0 fully saturated rings. The normalized spacial score (nSPS) is 11.3. The summed E-state index contributed by atoms with van der Waals surface area (Å²) in [5, 5.41) is 56.6. The quantitative estimate of drug-likeness (QED) is 0.0670. The maximum absolute atomic E-state index is 11.1. The van der Waals surface area contributed by atoms with Crippen LogP contribution in [-0.4, -0.2) is 25.5 Å². The minimum atomic E-state index is -0.997. The summed E-state index contributed by atoms with van der Waals surface area (Å²) in [6, 6.07) is 59.8. The van der Waals surface area contributed by atoms with E-state index >= 15 is 0 Å². The standard InChI is InChI=1S/C50H34O5/c51-46-45(47(52)49(54)50(55)48(46)53)44-40-17-9-7-15-38(40)43(39-16-8-10-18-41(39)44)36-27-28-37(34-23-19-32(20-24-34)30-11-3-1-4-12-30)42(29-36)35-25-21-33(22-26-35)31-13-5-2-6-14-31/h1-29,51-55H. The fourth-order valence-corrected chi connectivity index (χ4v) is 7.77. The third kappa shape index (κ3) is 5.66. The zero-order valence-corrected chi connectivity index (χ0v) is 29.5. The van der Waals surface area contributed by atoms with Crippen molar-refractivity contribution in [1.82, 2.24) is 0 Å². The Morgan fingerprint density at radius 3 is 1.00 bits per heavy atom. The lowest BCUT2D eigenvalue weighted by Crippen LogP contribution is -1.93. The maximum atomic E-state index is 11.1. The lowest BCUT2D eigenvalue weighted by atomic mass is 9.83. The number of hydrogen-bond acceptors (Lipinski definition) is 5. The van der Waals surface area contributed by atoms with E-state index in [1.54, 1.807) is 0 Å². The summed E-state index contributed by atoms with van der Waals surface area (Å²) in [7, 11) is 0. The lowest BCUT2D eigenvalue weighted by molar-refractivity contribution is 0.330. The molecule has 264 valence electrons. The van der Waals surface area contributed by atoms with Gasteiger partial charge in [-0.15, -0.1) is 0 Å². The molecule has 0 unspecified atom stereocenters. The van der Waals surface area contributed by atoms with Crippen LogP contribution in [0.1, 0.15) is 0 Å². The molecule has 0 atom stereocenters. The Balaban J connectivity index is 1.28. The van der Waals surface area contributed by atoms with Gasteiger partial charge in [0.1, 0.15) is 0 Å². The van der Waals surface area contributed by atoms with Gasteiger partial charge in [-0.25, -0.2) is 0 Å². The van der Waals surface area contributed by atoms with Crippen LogP contribution in [0.4, 0.5) is 0 Å². The van der Waals surface area contributed by atoms with Crippen LogP contribution in [0.5, 0.6) is 28.7 Å². The minimum Gasteiger partial charge on any atom is -0.504 e. The second-order valence-corrected chi connectivity index (χ2v) is 13.6. The molecule has 5 heteroatoms. The number of fused-ring (bicyclic) bond motifs is 2. The second-order valence-electron chi connectivity index (χ2n) is 13.6. The molecule has 9 rings (SSSR count). The van der Waals surface area contributed by atoms with E-state index in [9.17, 15) is 25.5 Å². The molecule has 0 amide bonds. The topological polar surface area (TPSA) is 101 Å². The number of aromatic hydroxyl groups is 5. The van der Waals surface area contributed by atoms with Crippen LogP contribution in [0.2, 0.25) is 0 Å². The highest BCUT2D eigenvalue weighted by molar-refractivity contribution is 6.23. The molecule has 0 spiro atoms. The first-order valence-corrected chi connectivity index (χ1v) is 18.0. The summed E-state index contributed by atoms with van der Waals surface area (Å²) in [6.07, 6.45) is 0. The van der Waals surface area contributed by atoms with Crippen molar-refractivity contribution < 1.29 is 25.5 Å². The first-order chi connectivity index (χ1) is 26.9. The Bertz CT molecular complexity index is 2800. The average molecular weight is 715 g/mol. The smallest absolute Gasteiger partial charge is 0.208 e. The van der Waals surface area contributed by atoms with Crippen molar-refractivity contribution in [2.45, 2.75) is 0 Å². The van der Waals surface area contributed by atoms with E-state index in [1.807, 2.05) is 84.9 Å². The molecule has 0 radical (unpaired) electrons. The van der Waals surface area contributed by atoms with Crippen molar-refractivity contribution in [3.05, 3.63) is 176 Å². The molecule has 0 heterocycles. The van der Waals surface area contributed by atoms with Gasteiger partial charge in [-0.1, -0.05) is 170 Å². The number of phenolic OH excluding ortho intramolecular Hbond substituents is 5. The molecule has 0 saturated heterocycles. The van der Waals surface area contributed by atoms with Crippen molar-refractivity contribution in [2.75, 3.05) is 0 Å². The van der Waals surface area contributed by atoms with Gasteiger partial charge in [0, 0.05) is 5.56 Å². The van der Waals surface area contributed by atoms with Gasteiger partial charge in [0.05, 0.1) is 5.56 Å². The third-order valence-corrected chi connectivity index (χ3v) is 10.5. The highest BCUT2D eigenvalue weighted by Gasteiger charge is 2.28. The molecule has 0 saturated carbocycles. The van der Waals surface area contributed by atoms with Gasteiger partial charge in [-0.05, 0) is 83.2 Å². The van der Waals surface area contributed by atoms with Gasteiger partial charge >= 0.3 is 0 Å². The summed E-state index contributed by atoms with van der Waals surface area (Å²) < 4.78 is 0. The van der Waals surface area contributed by atoms with Gasteiger partial charge in [0.25, 0.3) is 0 Å². The van der Waals surface area contributed by atoms with Crippen LogP contribution in [0.3, 0.4) is 0 Å². The summed E-state index contributed by atoms with van der Waals surface area (Å²) in [6.45, 7) is 0. The van der Waals surface area contributed by atoms with E-state index in [4.69, 9.17) is 0 Å². The molecule has 55 heavy (non-hydrogen) atoms. The Hall–Kier alpha value is -7.50. The molecule has 0 aliphatic carbocycles. The van der Waals surface area contributed by atoms with Crippen molar-refractivity contribution in [3.8, 4) is 95.5 Å². The molecular formula is C50H34O5. The number of benzene rings is 9. The molecule has 0 aliphatic rings. The second kappa shape index (κ2) is 13.5. The monoisotopic (exact) mass is 714 g/mol. The molecule has 0 bridgehead atoms. The SMILES string of the molecule is Oc1c(O)c(O)c(-c2c3ccccc3c(-c3ccc(-c4ccc(-c5ccccc5)cc4)c(-c4ccc(-c5ccccc5)cc4)c3)c3ccccc23)c(O)c1O. The molecule has 5 nitrogen and oxygen atoms in total. The fraction of sp³-hybridized carbons (Fsp3) is 0. The van der Waals surface area contributed by atoms with E-state index in [0.717, 1.165) is 66.4 Å². The Morgan fingerprint density at radius 2 is 0.545 bits per heavy atom. The molecule has 0 aromatic heterocycles. The van der Waals surface area contributed by atoms with Crippen LogP contribution < -0.4 is 0 Å². The van der Waals surface area contributed by atoms with Crippen LogP contribution >= 0.6 is 0 Å². The molecule has 9 aromatic rings. The van der Waals surface area contributed by atoms with Crippen LogP contribution in [-0.2, 0) is 0 Å². The van der Waals surface area contributed by atoms with Crippen molar-refractivity contribution in [3.63, 3.8) is 0 Å². The van der Waals surface area contributed by atoms with Gasteiger partial charge in [-0.3, -0.25) is 0 Å². The van der Waals surface area contributed by atoms with Crippen LogP contribution in [0.25, 0.3) is 88.3 Å². The number of phenols is 5. The van der Waals surface area contributed by atoms with Crippen molar-refractivity contribution in [1.29, 1.82) is 0 Å². The highest BCUT2D eigenvalue weighted by atomic mass is 16.4. The summed E-state index contributed by atoms with van der Waals surface area (Å²) >= 11 is 0. The largest absolute Gasteiger partial charge is 0.504 e. The van der Waals surface area contributed by atoms with E-state index in [2.05, 4.69) is 91.0 Å². The Kier molecular flexibility index (Phi) is 8.17.